The molecule has 1 atom stereocenters. The second-order valence-electron chi connectivity index (χ2n) is 6.96. The smallest absolute Gasteiger partial charge is 0.405 e. The number of nitrogens with one attached hydrogen (secondary N) is 1. The molecule has 0 aliphatic carbocycles. The Labute approximate surface area is 170 Å². The second-order valence-corrected chi connectivity index (χ2v) is 8.98. The molecule has 1 aromatic carbocycles. The molecular formula is C20H25N3O5S. The van der Waals surface area contributed by atoms with Crippen molar-refractivity contribution in [3.63, 3.8) is 0 Å². The van der Waals surface area contributed by atoms with Crippen LogP contribution >= 0.6 is 0 Å². The van der Waals surface area contributed by atoms with Gasteiger partial charge in [-0.3, -0.25) is 4.98 Å². The largest absolute Gasteiger partial charge is 0.465 e. The summed E-state index contributed by atoms with van der Waals surface area (Å²) in [6, 6.07) is 11.7. The summed E-state index contributed by atoms with van der Waals surface area (Å²) in [7, 11) is -3.62. The van der Waals surface area contributed by atoms with Crippen molar-refractivity contribution in [2.24, 2.45) is 0 Å². The Balaban J connectivity index is 1.56. The highest BCUT2D eigenvalue weighted by Crippen LogP contribution is 2.22. The molecular weight excluding hydrogens is 394 g/mol. The number of ether oxygens (including phenoxy) is 1. The molecule has 156 valence electrons. The number of nitrogens with zero attached hydrogens (tertiary/aromatic N) is 2. The minimum Gasteiger partial charge on any atom is -0.465 e. The van der Waals surface area contributed by atoms with Crippen LogP contribution in [0.15, 0.2) is 54.9 Å². The van der Waals surface area contributed by atoms with E-state index in [0.717, 1.165) is 5.56 Å². The number of aromatic nitrogens is 1. The van der Waals surface area contributed by atoms with Gasteiger partial charge in [-0.1, -0.05) is 36.4 Å². The third-order valence-electron chi connectivity index (χ3n) is 4.88. The summed E-state index contributed by atoms with van der Waals surface area (Å²) in [6.07, 6.45) is 3.39. The Kier molecular flexibility index (Phi) is 7.18. The maximum Gasteiger partial charge on any atom is 0.405 e. The van der Waals surface area contributed by atoms with Crippen LogP contribution in [0, 0.1) is 0 Å². The van der Waals surface area contributed by atoms with Crippen molar-refractivity contribution in [1.29, 1.82) is 0 Å². The quantitative estimate of drug-likeness (QED) is 0.680. The average Bonchev–Trinajstić information content (AvgIpc) is 2.73. The maximum atomic E-state index is 12.9. The molecule has 0 saturated carbocycles. The summed E-state index contributed by atoms with van der Waals surface area (Å²) in [6.45, 7) is 1.16. The zero-order valence-corrected chi connectivity index (χ0v) is 16.8. The molecule has 29 heavy (non-hydrogen) atoms. The third kappa shape index (κ3) is 6.25. The third-order valence-corrected chi connectivity index (χ3v) is 6.79. The van der Waals surface area contributed by atoms with E-state index in [1.54, 1.807) is 42.7 Å². The van der Waals surface area contributed by atoms with Gasteiger partial charge < -0.3 is 15.2 Å². The lowest BCUT2D eigenvalue weighted by atomic mass is 10.1. The molecule has 9 heteroatoms. The molecule has 1 saturated heterocycles. The molecule has 0 spiro atoms. The summed E-state index contributed by atoms with van der Waals surface area (Å²) in [5.41, 5.74) is 1.60. The van der Waals surface area contributed by atoms with Crippen molar-refractivity contribution in [3.05, 3.63) is 66.0 Å². The van der Waals surface area contributed by atoms with Gasteiger partial charge in [0.25, 0.3) is 0 Å². The zero-order chi connectivity index (χ0) is 20.7. The van der Waals surface area contributed by atoms with E-state index in [9.17, 15) is 13.2 Å². The molecule has 2 heterocycles. The summed E-state index contributed by atoms with van der Waals surface area (Å²) in [5, 5.41) is 11.4. The van der Waals surface area contributed by atoms with Crippen LogP contribution in [-0.2, 0) is 21.4 Å². The predicted octanol–water partition coefficient (Wildman–Crippen LogP) is 2.40. The number of benzene rings is 1. The first kappa shape index (κ1) is 21.2. The minimum absolute atomic E-state index is 0.0104. The standard InChI is InChI=1S/C20H25N3O5S/c24-20(25)22-19(17-6-2-1-3-7-17)15-29(26,27)23-11-8-18(9-12-23)28-14-16-5-4-10-21-13-16/h1-7,10,13,18-19,22H,8-9,11-12,14-15H2,(H,24,25). The molecule has 2 N–H and O–H groups in total. The fourth-order valence-corrected chi connectivity index (χ4v) is 5.02. The maximum absolute atomic E-state index is 12.9. The van der Waals surface area contributed by atoms with Crippen molar-refractivity contribution < 1.29 is 23.1 Å². The van der Waals surface area contributed by atoms with Crippen molar-refractivity contribution >= 4 is 16.1 Å². The number of carbonyl (C=O) groups is 1. The highest BCUT2D eigenvalue weighted by Gasteiger charge is 2.31. The molecule has 1 amide bonds. The Morgan fingerprint density at radius 3 is 2.55 bits per heavy atom. The summed E-state index contributed by atoms with van der Waals surface area (Å²) in [5.74, 6) is -0.315. The fraction of sp³-hybridized carbons (Fsp3) is 0.400. The number of rotatable bonds is 8. The number of piperidine rings is 1. The van der Waals surface area contributed by atoms with Crippen molar-refractivity contribution in [2.75, 3.05) is 18.8 Å². The van der Waals surface area contributed by atoms with E-state index in [1.165, 1.54) is 4.31 Å². The Hall–Kier alpha value is -2.49. The molecule has 1 aliphatic rings. The first-order valence-electron chi connectivity index (χ1n) is 9.47. The van der Waals surface area contributed by atoms with E-state index in [2.05, 4.69) is 10.3 Å². The molecule has 3 rings (SSSR count). The molecule has 2 aromatic rings. The van der Waals surface area contributed by atoms with Gasteiger partial charge in [0, 0.05) is 25.5 Å². The Bertz CT molecular complexity index is 885. The SMILES string of the molecule is O=C(O)NC(CS(=O)(=O)N1CCC(OCc2cccnc2)CC1)c1ccccc1. The average molecular weight is 420 g/mol. The van der Waals surface area contributed by atoms with Crippen LogP contribution in [0.2, 0.25) is 0 Å². The number of sulfonamides is 1. The van der Waals surface area contributed by atoms with Gasteiger partial charge in [0.2, 0.25) is 10.0 Å². The van der Waals surface area contributed by atoms with Crippen LogP contribution in [0.4, 0.5) is 4.79 Å². The number of carboxylic acid groups (broad SMARTS) is 1. The lowest BCUT2D eigenvalue weighted by Crippen LogP contribution is -2.44. The van der Waals surface area contributed by atoms with Gasteiger partial charge >= 0.3 is 6.09 Å². The van der Waals surface area contributed by atoms with Crippen molar-refractivity contribution in [1.82, 2.24) is 14.6 Å². The van der Waals surface area contributed by atoms with Crippen LogP contribution in [-0.4, -0.2) is 53.9 Å². The fourth-order valence-electron chi connectivity index (χ4n) is 3.35. The Morgan fingerprint density at radius 1 is 1.21 bits per heavy atom. The highest BCUT2D eigenvalue weighted by molar-refractivity contribution is 7.89. The first-order valence-corrected chi connectivity index (χ1v) is 11.1. The highest BCUT2D eigenvalue weighted by atomic mass is 32.2. The Morgan fingerprint density at radius 2 is 1.93 bits per heavy atom. The zero-order valence-electron chi connectivity index (χ0n) is 16.0. The molecule has 8 nitrogen and oxygen atoms in total. The minimum atomic E-state index is -3.62. The summed E-state index contributed by atoms with van der Waals surface area (Å²) in [4.78, 5) is 15.2. The van der Waals surface area contributed by atoms with Gasteiger partial charge in [0.15, 0.2) is 0 Å². The van der Waals surface area contributed by atoms with E-state index < -0.39 is 22.2 Å². The monoisotopic (exact) mass is 419 g/mol. The van der Waals surface area contributed by atoms with Gasteiger partial charge in [0.1, 0.15) is 0 Å². The van der Waals surface area contributed by atoms with Crippen LogP contribution in [0.5, 0.6) is 0 Å². The van der Waals surface area contributed by atoms with Crippen LogP contribution in [0.25, 0.3) is 0 Å². The summed E-state index contributed by atoms with van der Waals surface area (Å²) >= 11 is 0. The van der Waals surface area contributed by atoms with E-state index in [0.29, 0.717) is 38.1 Å². The van der Waals surface area contributed by atoms with Crippen LogP contribution in [0.3, 0.4) is 0 Å². The van der Waals surface area contributed by atoms with Crippen LogP contribution < -0.4 is 5.32 Å². The van der Waals surface area contributed by atoms with Crippen molar-refractivity contribution in [3.8, 4) is 0 Å². The van der Waals surface area contributed by atoms with Gasteiger partial charge in [-0.2, -0.15) is 0 Å². The van der Waals surface area contributed by atoms with E-state index in [4.69, 9.17) is 9.84 Å². The van der Waals surface area contributed by atoms with Gasteiger partial charge in [0.05, 0.1) is 24.5 Å². The molecule has 1 fully saturated rings. The van der Waals surface area contributed by atoms with Gasteiger partial charge in [-0.05, 0) is 30.0 Å². The molecule has 0 bridgehead atoms. The van der Waals surface area contributed by atoms with Gasteiger partial charge in [-0.25, -0.2) is 17.5 Å². The lowest BCUT2D eigenvalue weighted by Gasteiger charge is -2.32. The normalized spacial score (nSPS) is 17.0. The topological polar surface area (TPSA) is 109 Å². The number of hydrogen-bond donors (Lipinski definition) is 2. The molecule has 1 unspecified atom stereocenters. The molecule has 1 aromatic heterocycles. The van der Waals surface area contributed by atoms with E-state index >= 15 is 0 Å². The van der Waals surface area contributed by atoms with E-state index in [-0.39, 0.29) is 11.9 Å². The lowest BCUT2D eigenvalue weighted by molar-refractivity contribution is 0.0101. The second kappa shape index (κ2) is 9.82. The summed E-state index contributed by atoms with van der Waals surface area (Å²) < 4.78 is 33.1. The number of hydrogen-bond acceptors (Lipinski definition) is 5. The molecule has 1 aliphatic heterocycles. The number of pyridine rings is 1. The first-order chi connectivity index (χ1) is 13.9. The molecule has 0 radical (unpaired) electrons. The van der Waals surface area contributed by atoms with Gasteiger partial charge in [-0.15, -0.1) is 0 Å². The van der Waals surface area contributed by atoms with E-state index in [1.807, 2.05) is 12.1 Å². The number of amides is 1. The van der Waals surface area contributed by atoms with Crippen LogP contribution in [0.1, 0.15) is 30.0 Å². The predicted molar refractivity (Wildman–Crippen MR) is 108 cm³/mol. The van der Waals surface area contributed by atoms with Crippen molar-refractivity contribution in [2.45, 2.75) is 31.6 Å².